The van der Waals surface area contributed by atoms with Crippen molar-refractivity contribution in [3.63, 3.8) is 0 Å². The van der Waals surface area contributed by atoms with Gasteiger partial charge in [-0.25, -0.2) is 0 Å². The lowest BCUT2D eigenvalue weighted by Crippen LogP contribution is -2.24. The third-order valence-corrected chi connectivity index (χ3v) is 5.43. The molecule has 0 aromatic heterocycles. The molecule has 0 aliphatic heterocycles. The molecule has 1 N–H and O–H groups in total. The minimum Gasteiger partial charge on any atom is -0.394 e. The van der Waals surface area contributed by atoms with Crippen LogP contribution in [-0.4, -0.2) is 43.4 Å². The summed E-state index contributed by atoms with van der Waals surface area (Å²) in [6.07, 6.45) is 21.1. The Morgan fingerprint density at radius 3 is 1.69 bits per heavy atom. The lowest BCUT2D eigenvalue weighted by atomic mass is 10.0. The summed E-state index contributed by atoms with van der Waals surface area (Å²) >= 11 is 0. The van der Waals surface area contributed by atoms with Crippen LogP contribution in [-0.2, 0) is 14.3 Å². The Bertz CT molecular complexity index is 333. The first-order valence-electron chi connectivity index (χ1n) is 12.5. The molecule has 0 heterocycles. The van der Waals surface area contributed by atoms with Crippen molar-refractivity contribution in [1.29, 1.82) is 0 Å². The molecule has 174 valence electrons. The van der Waals surface area contributed by atoms with E-state index < -0.39 is 0 Å². The highest BCUT2D eigenvalue weighted by Crippen LogP contribution is 2.13. The number of ether oxygens (including phenoxy) is 2. The molecular formula is C25H50O4. The molecule has 0 aromatic rings. The van der Waals surface area contributed by atoms with Gasteiger partial charge in [-0.2, -0.15) is 0 Å². The van der Waals surface area contributed by atoms with Crippen molar-refractivity contribution in [2.45, 2.75) is 129 Å². The highest BCUT2D eigenvalue weighted by molar-refractivity contribution is 5.75. The summed E-state index contributed by atoms with van der Waals surface area (Å²) in [4.78, 5) is 10.9. The maximum absolute atomic E-state index is 10.9. The topological polar surface area (TPSA) is 55.8 Å². The average Bonchev–Trinajstić information content (AvgIpc) is 2.71. The lowest BCUT2D eigenvalue weighted by molar-refractivity contribution is -0.117. The molecule has 4 heteroatoms. The fourth-order valence-electron chi connectivity index (χ4n) is 3.49. The number of aliphatic hydroxyl groups excluding tert-OH is 1. The number of carbonyl (C=O) groups is 1. The van der Waals surface area contributed by atoms with E-state index in [1.165, 1.54) is 83.5 Å². The minimum atomic E-state index is -0.237. The molecule has 0 saturated heterocycles. The number of hydrogen-bond donors (Lipinski definition) is 1. The predicted octanol–water partition coefficient (Wildman–Crippen LogP) is 6.62. The molecule has 0 aromatic carbocycles. The van der Waals surface area contributed by atoms with Crippen molar-refractivity contribution in [2.24, 2.45) is 0 Å². The zero-order valence-electron chi connectivity index (χ0n) is 19.6. The maximum atomic E-state index is 10.9. The first-order chi connectivity index (χ1) is 14.2. The number of ketones is 1. The summed E-state index contributed by atoms with van der Waals surface area (Å²) in [5.74, 6) is 0.222. The second-order valence-electron chi connectivity index (χ2n) is 8.51. The van der Waals surface area contributed by atoms with Crippen LogP contribution in [0, 0.1) is 0 Å². The van der Waals surface area contributed by atoms with Crippen LogP contribution in [0.25, 0.3) is 0 Å². The number of hydrogen-bond acceptors (Lipinski definition) is 4. The molecule has 0 aliphatic carbocycles. The fraction of sp³-hybridized carbons (Fsp3) is 0.960. The van der Waals surface area contributed by atoms with Crippen molar-refractivity contribution in [1.82, 2.24) is 0 Å². The Morgan fingerprint density at radius 1 is 0.724 bits per heavy atom. The number of Topliss-reactive ketones (excluding diaryl/α,β-unsaturated/α-hetero) is 1. The van der Waals surface area contributed by atoms with Gasteiger partial charge in [-0.3, -0.25) is 0 Å². The summed E-state index contributed by atoms with van der Waals surface area (Å²) < 4.78 is 11.3. The second-order valence-corrected chi connectivity index (χ2v) is 8.51. The van der Waals surface area contributed by atoms with Crippen molar-refractivity contribution in [3.8, 4) is 0 Å². The van der Waals surface area contributed by atoms with Gasteiger partial charge in [0.1, 0.15) is 11.9 Å². The van der Waals surface area contributed by atoms with Gasteiger partial charge in [0.25, 0.3) is 0 Å². The van der Waals surface area contributed by atoms with E-state index in [0.29, 0.717) is 19.6 Å². The average molecular weight is 415 g/mol. The van der Waals surface area contributed by atoms with E-state index in [2.05, 4.69) is 6.92 Å². The van der Waals surface area contributed by atoms with Gasteiger partial charge in [0.15, 0.2) is 0 Å². The summed E-state index contributed by atoms with van der Waals surface area (Å²) in [7, 11) is 0. The molecule has 1 atom stereocenters. The van der Waals surface area contributed by atoms with E-state index in [4.69, 9.17) is 9.47 Å². The maximum Gasteiger partial charge on any atom is 0.129 e. The summed E-state index contributed by atoms with van der Waals surface area (Å²) in [6.45, 7) is 5.68. The van der Waals surface area contributed by atoms with Crippen LogP contribution in [0.1, 0.15) is 123 Å². The lowest BCUT2D eigenvalue weighted by Gasteiger charge is -2.15. The van der Waals surface area contributed by atoms with E-state index in [1.807, 2.05) is 0 Å². The Balaban J connectivity index is 3.24. The van der Waals surface area contributed by atoms with Crippen molar-refractivity contribution in [3.05, 3.63) is 0 Å². The third kappa shape index (κ3) is 23.7. The molecule has 0 radical (unpaired) electrons. The minimum absolute atomic E-state index is 0.00848. The van der Waals surface area contributed by atoms with Crippen LogP contribution >= 0.6 is 0 Å². The summed E-state index contributed by atoms with van der Waals surface area (Å²) in [6, 6.07) is 0. The highest BCUT2D eigenvalue weighted by Gasteiger charge is 2.07. The molecule has 0 aliphatic rings. The van der Waals surface area contributed by atoms with Crippen molar-refractivity contribution in [2.75, 3.05) is 26.4 Å². The number of rotatable bonds is 24. The van der Waals surface area contributed by atoms with Gasteiger partial charge in [0, 0.05) is 19.6 Å². The van der Waals surface area contributed by atoms with Gasteiger partial charge in [0.2, 0.25) is 0 Å². The van der Waals surface area contributed by atoms with Crippen LogP contribution in [0.2, 0.25) is 0 Å². The third-order valence-electron chi connectivity index (χ3n) is 5.43. The molecule has 0 fully saturated rings. The van der Waals surface area contributed by atoms with E-state index in [9.17, 15) is 9.90 Å². The summed E-state index contributed by atoms with van der Waals surface area (Å²) in [5.41, 5.74) is 0. The van der Waals surface area contributed by atoms with Crippen LogP contribution in [0.5, 0.6) is 0 Å². The normalized spacial score (nSPS) is 12.4. The van der Waals surface area contributed by atoms with Gasteiger partial charge in [0.05, 0.1) is 13.2 Å². The Hall–Kier alpha value is -0.450. The molecule has 1 unspecified atom stereocenters. The Kier molecular flexibility index (Phi) is 23.5. The van der Waals surface area contributed by atoms with Gasteiger partial charge in [-0.15, -0.1) is 0 Å². The van der Waals surface area contributed by atoms with Crippen molar-refractivity contribution < 1.29 is 19.4 Å². The molecule has 0 saturated carbocycles. The van der Waals surface area contributed by atoms with Crippen molar-refractivity contribution >= 4 is 5.78 Å². The largest absolute Gasteiger partial charge is 0.394 e. The second kappa shape index (κ2) is 23.8. The SMILES string of the molecule is CCCCCCCCCCCCCCCCOCC(CO)OCCCCC(C)=O. The van der Waals surface area contributed by atoms with E-state index in [0.717, 1.165) is 25.9 Å². The van der Waals surface area contributed by atoms with Crippen LogP contribution < -0.4 is 0 Å². The molecule has 29 heavy (non-hydrogen) atoms. The fourth-order valence-corrected chi connectivity index (χ4v) is 3.49. The molecule has 0 spiro atoms. The molecule has 0 bridgehead atoms. The van der Waals surface area contributed by atoms with Gasteiger partial charge < -0.3 is 19.4 Å². The molecule has 0 rings (SSSR count). The zero-order chi connectivity index (χ0) is 21.4. The van der Waals surface area contributed by atoms with Gasteiger partial charge in [-0.1, -0.05) is 90.4 Å². The highest BCUT2D eigenvalue weighted by atomic mass is 16.5. The Morgan fingerprint density at radius 2 is 1.21 bits per heavy atom. The van der Waals surface area contributed by atoms with E-state index in [1.54, 1.807) is 6.92 Å². The molecule has 0 amide bonds. The van der Waals surface area contributed by atoms with Crippen LogP contribution in [0.4, 0.5) is 0 Å². The monoisotopic (exact) mass is 414 g/mol. The Labute approximate surface area is 181 Å². The smallest absolute Gasteiger partial charge is 0.129 e. The number of carbonyl (C=O) groups excluding carboxylic acids is 1. The summed E-state index contributed by atoms with van der Waals surface area (Å²) in [5, 5.41) is 9.34. The molecule has 4 nitrogen and oxygen atoms in total. The van der Waals surface area contributed by atoms with E-state index in [-0.39, 0.29) is 18.5 Å². The molecular weight excluding hydrogens is 364 g/mol. The first-order valence-corrected chi connectivity index (χ1v) is 12.5. The number of unbranched alkanes of at least 4 members (excludes halogenated alkanes) is 14. The quantitative estimate of drug-likeness (QED) is 0.180. The van der Waals surface area contributed by atoms with Gasteiger partial charge >= 0.3 is 0 Å². The predicted molar refractivity (Wildman–Crippen MR) is 122 cm³/mol. The number of aliphatic hydroxyl groups is 1. The van der Waals surface area contributed by atoms with Crippen LogP contribution in [0.3, 0.4) is 0 Å². The zero-order valence-corrected chi connectivity index (χ0v) is 19.6. The van der Waals surface area contributed by atoms with Crippen LogP contribution in [0.15, 0.2) is 0 Å². The van der Waals surface area contributed by atoms with E-state index >= 15 is 0 Å². The van der Waals surface area contributed by atoms with Gasteiger partial charge in [-0.05, 0) is 26.2 Å². The first kappa shape index (κ1) is 28.5. The standard InChI is InChI=1S/C25H50O4/c1-3-4-5-6-7-8-9-10-11-12-13-14-15-17-20-28-23-25(22-26)29-21-18-16-19-24(2)27/h25-26H,3-23H2,1-2H3.